The van der Waals surface area contributed by atoms with Crippen molar-refractivity contribution in [3.8, 4) is 0 Å². The lowest BCUT2D eigenvalue weighted by atomic mass is 9.81. The molecular formula is C14H22ClN3OS. The van der Waals surface area contributed by atoms with E-state index in [4.69, 9.17) is 0 Å². The molecule has 1 aromatic heterocycles. The number of nitrogens with one attached hydrogen (secondary N) is 2. The van der Waals surface area contributed by atoms with Gasteiger partial charge in [-0.3, -0.25) is 9.78 Å². The van der Waals surface area contributed by atoms with Gasteiger partial charge in [0, 0.05) is 23.8 Å². The fraction of sp³-hybridized carbons (Fsp3) is 0.571. The molecule has 1 amide bonds. The van der Waals surface area contributed by atoms with Crippen LogP contribution in [0.15, 0.2) is 29.4 Å². The summed E-state index contributed by atoms with van der Waals surface area (Å²) in [6.45, 7) is 5.14. The lowest BCUT2D eigenvalue weighted by Crippen LogP contribution is -2.43. The molecule has 0 saturated carbocycles. The molecule has 0 aliphatic carbocycles. The Labute approximate surface area is 130 Å². The van der Waals surface area contributed by atoms with Gasteiger partial charge < -0.3 is 10.6 Å². The third kappa shape index (κ3) is 5.69. The zero-order valence-corrected chi connectivity index (χ0v) is 13.4. The number of amides is 1. The first-order chi connectivity index (χ1) is 9.18. The topological polar surface area (TPSA) is 54.0 Å². The molecule has 0 unspecified atom stereocenters. The third-order valence-corrected chi connectivity index (χ3v) is 4.55. The van der Waals surface area contributed by atoms with Gasteiger partial charge in [0.25, 0.3) is 0 Å². The number of piperidine rings is 1. The van der Waals surface area contributed by atoms with E-state index in [2.05, 4.69) is 22.5 Å². The van der Waals surface area contributed by atoms with Gasteiger partial charge in [0.2, 0.25) is 5.91 Å². The van der Waals surface area contributed by atoms with Crippen molar-refractivity contribution in [1.29, 1.82) is 0 Å². The molecule has 1 aromatic rings. The highest BCUT2D eigenvalue weighted by atomic mass is 35.5. The Bertz CT molecular complexity index is 410. The number of thioether (sulfide) groups is 1. The van der Waals surface area contributed by atoms with Crippen molar-refractivity contribution in [2.24, 2.45) is 5.41 Å². The van der Waals surface area contributed by atoms with Gasteiger partial charge >= 0.3 is 0 Å². The van der Waals surface area contributed by atoms with Crippen molar-refractivity contribution in [2.75, 3.05) is 25.4 Å². The molecule has 112 valence electrons. The lowest BCUT2D eigenvalue weighted by molar-refractivity contribution is -0.119. The zero-order chi connectivity index (χ0) is 13.6. The molecule has 0 radical (unpaired) electrons. The number of carbonyl (C=O) groups excluding carboxylic acids is 1. The van der Waals surface area contributed by atoms with Crippen LogP contribution in [0.1, 0.15) is 19.8 Å². The monoisotopic (exact) mass is 315 g/mol. The van der Waals surface area contributed by atoms with Crippen molar-refractivity contribution in [1.82, 2.24) is 15.6 Å². The van der Waals surface area contributed by atoms with Crippen LogP contribution in [0.3, 0.4) is 0 Å². The van der Waals surface area contributed by atoms with E-state index in [1.165, 1.54) is 0 Å². The molecule has 0 spiro atoms. The van der Waals surface area contributed by atoms with E-state index < -0.39 is 0 Å². The van der Waals surface area contributed by atoms with Crippen molar-refractivity contribution >= 4 is 30.1 Å². The van der Waals surface area contributed by atoms with Gasteiger partial charge in [0.15, 0.2) is 0 Å². The first kappa shape index (κ1) is 17.3. The molecule has 2 N–H and O–H groups in total. The van der Waals surface area contributed by atoms with Gasteiger partial charge in [0.05, 0.1) is 5.75 Å². The minimum atomic E-state index is 0. The normalized spacial score (nSPS) is 17.1. The molecule has 1 fully saturated rings. The van der Waals surface area contributed by atoms with Crippen LogP contribution < -0.4 is 10.6 Å². The highest BCUT2D eigenvalue weighted by molar-refractivity contribution is 8.00. The quantitative estimate of drug-likeness (QED) is 0.817. The lowest BCUT2D eigenvalue weighted by Gasteiger charge is -2.34. The van der Waals surface area contributed by atoms with Crippen LogP contribution in [0.4, 0.5) is 0 Å². The van der Waals surface area contributed by atoms with E-state index in [0.717, 1.165) is 37.4 Å². The fourth-order valence-electron chi connectivity index (χ4n) is 2.15. The summed E-state index contributed by atoms with van der Waals surface area (Å²) in [4.78, 5) is 16.9. The van der Waals surface area contributed by atoms with Crippen LogP contribution in [-0.2, 0) is 4.79 Å². The smallest absolute Gasteiger partial charge is 0.230 e. The molecule has 1 saturated heterocycles. The summed E-state index contributed by atoms with van der Waals surface area (Å²) in [6, 6.07) is 3.85. The number of rotatable bonds is 5. The number of hydrogen-bond acceptors (Lipinski definition) is 4. The van der Waals surface area contributed by atoms with Crippen LogP contribution in [0.2, 0.25) is 0 Å². The second-order valence-corrected chi connectivity index (χ2v) is 6.36. The Morgan fingerprint density at radius 1 is 1.40 bits per heavy atom. The van der Waals surface area contributed by atoms with Gasteiger partial charge in [-0.1, -0.05) is 6.92 Å². The average Bonchev–Trinajstić information content (AvgIpc) is 2.45. The number of aromatic nitrogens is 1. The summed E-state index contributed by atoms with van der Waals surface area (Å²) in [7, 11) is 0. The second kappa shape index (κ2) is 8.49. The van der Waals surface area contributed by atoms with Crippen molar-refractivity contribution in [3.63, 3.8) is 0 Å². The molecule has 1 aliphatic rings. The van der Waals surface area contributed by atoms with E-state index >= 15 is 0 Å². The maximum absolute atomic E-state index is 11.8. The standard InChI is InChI=1S/C14H21N3OS.ClH/c1-14(4-8-16-9-5-14)11-17-13(18)10-19-12-2-6-15-7-3-12;/h2-3,6-7,16H,4-5,8-11H2,1H3,(H,17,18);1H. The predicted molar refractivity (Wildman–Crippen MR) is 85.4 cm³/mol. The molecule has 20 heavy (non-hydrogen) atoms. The summed E-state index contributed by atoms with van der Waals surface area (Å²) >= 11 is 1.55. The Morgan fingerprint density at radius 3 is 2.70 bits per heavy atom. The second-order valence-electron chi connectivity index (χ2n) is 5.31. The highest BCUT2D eigenvalue weighted by Crippen LogP contribution is 2.26. The van der Waals surface area contributed by atoms with Crippen LogP contribution >= 0.6 is 24.2 Å². The first-order valence-corrected chi connectivity index (χ1v) is 7.67. The molecule has 6 heteroatoms. The number of nitrogens with zero attached hydrogens (tertiary/aromatic N) is 1. The number of hydrogen-bond donors (Lipinski definition) is 2. The fourth-order valence-corrected chi connectivity index (χ4v) is 2.87. The Hall–Kier alpha value is -0.780. The molecule has 2 heterocycles. The molecule has 4 nitrogen and oxygen atoms in total. The molecular weight excluding hydrogens is 294 g/mol. The van der Waals surface area contributed by atoms with Gasteiger partial charge in [-0.25, -0.2) is 0 Å². The Morgan fingerprint density at radius 2 is 2.05 bits per heavy atom. The summed E-state index contributed by atoms with van der Waals surface area (Å²) in [5, 5.41) is 6.41. The minimum Gasteiger partial charge on any atom is -0.355 e. The molecule has 1 aliphatic heterocycles. The van der Waals surface area contributed by atoms with Crippen LogP contribution in [0, 0.1) is 5.41 Å². The van der Waals surface area contributed by atoms with Gasteiger partial charge in [0.1, 0.15) is 0 Å². The molecule has 2 rings (SSSR count). The maximum Gasteiger partial charge on any atom is 0.230 e. The average molecular weight is 316 g/mol. The Balaban J connectivity index is 0.00000200. The van der Waals surface area contributed by atoms with Crippen molar-refractivity contribution in [3.05, 3.63) is 24.5 Å². The van der Waals surface area contributed by atoms with Crippen LogP contribution in [-0.4, -0.2) is 36.3 Å². The van der Waals surface area contributed by atoms with Crippen molar-refractivity contribution in [2.45, 2.75) is 24.7 Å². The minimum absolute atomic E-state index is 0. The molecule has 0 bridgehead atoms. The van der Waals surface area contributed by atoms with Gasteiger partial charge in [-0.15, -0.1) is 24.2 Å². The maximum atomic E-state index is 11.8. The predicted octanol–water partition coefficient (Wildman–Crippen LogP) is 2.10. The van der Waals surface area contributed by atoms with Crippen LogP contribution in [0.5, 0.6) is 0 Å². The van der Waals surface area contributed by atoms with Gasteiger partial charge in [-0.2, -0.15) is 0 Å². The summed E-state index contributed by atoms with van der Waals surface area (Å²) < 4.78 is 0. The summed E-state index contributed by atoms with van der Waals surface area (Å²) in [5.74, 6) is 0.583. The summed E-state index contributed by atoms with van der Waals surface area (Å²) in [6.07, 6.45) is 5.75. The van der Waals surface area contributed by atoms with E-state index in [9.17, 15) is 4.79 Å². The van der Waals surface area contributed by atoms with Crippen molar-refractivity contribution < 1.29 is 4.79 Å². The van der Waals surface area contributed by atoms with E-state index in [-0.39, 0.29) is 23.7 Å². The largest absolute Gasteiger partial charge is 0.355 e. The third-order valence-electron chi connectivity index (χ3n) is 3.54. The Kier molecular flexibility index (Phi) is 7.34. The van der Waals surface area contributed by atoms with E-state index in [0.29, 0.717) is 5.75 Å². The van der Waals surface area contributed by atoms with Crippen LogP contribution in [0.25, 0.3) is 0 Å². The number of carbonyl (C=O) groups is 1. The SMILES string of the molecule is CC1(CNC(=O)CSc2ccncc2)CCNCC1.Cl. The van der Waals surface area contributed by atoms with E-state index in [1.54, 1.807) is 24.2 Å². The molecule has 0 atom stereocenters. The highest BCUT2D eigenvalue weighted by Gasteiger charge is 2.26. The van der Waals surface area contributed by atoms with Gasteiger partial charge in [-0.05, 0) is 43.5 Å². The molecule has 0 aromatic carbocycles. The first-order valence-electron chi connectivity index (χ1n) is 6.68. The number of halogens is 1. The summed E-state index contributed by atoms with van der Waals surface area (Å²) in [5.41, 5.74) is 0.252. The van der Waals surface area contributed by atoms with E-state index in [1.807, 2.05) is 12.1 Å². The zero-order valence-electron chi connectivity index (χ0n) is 11.7. The number of pyridine rings is 1.